The Morgan fingerprint density at radius 2 is 1.38 bits per heavy atom. The average Bonchev–Trinajstić information content (AvgIpc) is 3.09. The van der Waals surface area contributed by atoms with Crippen LogP contribution in [0.5, 0.6) is 0 Å². The van der Waals surface area contributed by atoms with Crippen molar-refractivity contribution in [3.63, 3.8) is 0 Å². The van der Waals surface area contributed by atoms with Crippen LogP contribution in [0, 0.1) is 27.7 Å². The molecule has 2 aromatic heterocycles. The molecule has 0 unspecified atom stereocenters. The first-order valence-electron chi connectivity index (χ1n) is 9.34. The van der Waals surface area contributed by atoms with Crippen LogP contribution in [0.25, 0.3) is 16.5 Å². The Hall–Kier alpha value is -1.16. The summed E-state index contributed by atoms with van der Waals surface area (Å²) in [6.07, 6.45) is 4.43. The van der Waals surface area contributed by atoms with Gasteiger partial charge in [-0.05, 0) is 104 Å². The van der Waals surface area contributed by atoms with Crippen molar-refractivity contribution in [2.75, 3.05) is 0 Å². The van der Waals surface area contributed by atoms with E-state index in [1.807, 2.05) is 22.7 Å². The van der Waals surface area contributed by atoms with Gasteiger partial charge in [0.2, 0.25) is 0 Å². The maximum atomic E-state index is 2.55. The molecule has 3 rings (SSSR count). The molecule has 0 amide bonds. The molecule has 2 aromatic rings. The number of rotatable bonds is 3. The molecule has 0 radical (unpaired) electrons. The van der Waals surface area contributed by atoms with Gasteiger partial charge in [0.25, 0.3) is 0 Å². The highest BCUT2D eigenvalue weighted by atomic mass is 32.1. The fourth-order valence-electron chi connectivity index (χ4n) is 4.26. The van der Waals surface area contributed by atoms with Crippen LogP contribution in [0.4, 0.5) is 0 Å². The molecule has 1 aliphatic heterocycles. The summed E-state index contributed by atoms with van der Waals surface area (Å²) in [7, 11) is -1.73. The first-order chi connectivity index (χ1) is 12.1. The van der Waals surface area contributed by atoms with E-state index in [-0.39, 0.29) is 0 Å². The minimum Gasteiger partial charge on any atom is -0.144 e. The van der Waals surface area contributed by atoms with Gasteiger partial charge < -0.3 is 0 Å². The van der Waals surface area contributed by atoms with E-state index in [1.165, 1.54) is 48.0 Å². The lowest BCUT2D eigenvalue weighted by molar-refractivity contribution is 1.36. The lowest BCUT2D eigenvalue weighted by Gasteiger charge is -2.25. The number of thiophene rings is 2. The van der Waals surface area contributed by atoms with E-state index in [0.29, 0.717) is 0 Å². The second-order valence-electron chi connectivity index (χ2n) is 8.04. The molecule has 0 bridgehead atoms. The van der Waals surface area contributed by atoms with Gasteiger partial charge in [0.15, 0.2) is 0 Å². The van der Waals surface area contributed by atoms with Crippen LogP contribution in [0.1, 0.15) is 57.7 Å². The summed E-state index contributed by atoms with van der Waals surface area (Å²) in [6, 6.07) is 0. The van der Waals surface area contributed by atoms with Gasteiger partial charge in [0.05, 0.1) is 0 Å². The zero-order chi connectivity index (χ0) is 19.4. The molecule has 0 fully saturated rings. The molecule has 138 valence electrons. The van der Waals surface area contributed by atoms with Crippen molar-refractivity contribution >= 4 is 47.2 Å². The lowest BCUT2D eigenvalue weighted by Crippen LogP contribution is -2.28. The summed E-state index contributed by atoms with van der Waals surface area (Å²) in [5, 5.41) is 5.66. The zero-order valence-corrected chi connectivity index (χ0v) is 20.2. The highest BCUT2D eigenvalue weighted by molar-refractivity contribution is 7.22. The van der Waals surface area contributed by atoms with Gasteiger partial charge in [0.1, 0.15) is 8.07 Å². The van der Waals surface area contributed by atoms with Crippen LogP contribution < -0.4 is 0 Å². The van der Waals surface area contributed by atoms with Crippen molar-refractivity contribution in [3.05, 3.63) is 59.5 Å². The summed E-state index contributed by atoms with van der Waals surface area (Å²) in [4.78, 5) is 4.48. The summed E-state index contributed by atoms with van der Waals surface area (Å²) < 4.78 is 0. The molecule has 0 aromatic carbocycles. The minimum atomic E-state index is -1.73. The van der Waals surface area contributed by atoms with E-state index in [0.717, 1.165) is 0 Å². The van der Waals surface area contributed by atoms with Crippen molar-refractivity contribution in [1.82, 2.24) is 0 Å². The summed E-state index contributed by atoms with van der Waals surface area (Å²) in [6.45, 7) is 21.0. The molecule has 1 aliphatic rings. The fraction of sp³-hybridized carbons (Fsp3) is 0.391. The van der Waals surface area contributed by atoms with Crippen molar-refractivity contribution in [3.8, 4) is 0 Å². The number of aryl methyl sites for hydroxylation is 1. The molecule has 0 atom stereocenters. The van der Waals surface area contributed by atoms with Gasteiger partial charge in [-0.25, -0.2) is 0 Å². The maximum Gasteiger partial charge on any atom is 0.116 e. The molecular weight excluding hydrogens is 368 g/mol. The van der Waals surface area contributed by atoms with Gasteiger partial charge in [-0.3, -0.25) is 0 Å². The summed E-state index contributed by atoms with van der Waals surface area (Å²) >= 11 is 3.93. The molecule has 26 heavy (non-hydrogen) atoms. The third-order valence-corrected chi connectivity index (χ3v) is 12.8. The number of allylic oxidation sites excluding steroid dienone is 3. The van der Waals surface area contributed by atoms with Gasteiger partial charge in [0, 0.05) is 14.6 Å². The average molecular weight is 399 g/mol. The molecule has 0 aliphatic carbocycles. The predicted octanol–water partition coefficient (Wildman–Crippen LogP) is 8.12. The lowest BCUT2D eigenvalue weighted by atomic mass is 10.0. The fourth-order valence-corrected chi connectivity index (χ4v) is 12.5. The summed E-state index contributed by atoms with van der Waals surface area (Å²) in [5.74, 6) is 0. The van der Waals surface area contributed by atoms with Crippen LogP contribution in [0.2, 0.25) is 13.1 Å². The first kappa shape index (κ1) is 19.6. The molecule has 3 heteroatoms. The Bertz CT molecular complexity index is 974. The zero-order valence-electron chi connectivity index (χ0n) is 17.5. The Morgan fingerprint density at radius 3 is 1.88 bits per heavy atom. The summed E-state index contributed by atoms with van der Waals surface area (Å²) in [5.41, 5.74) is 8.89. The van der Waals surface area contributed by atoms with Crippen LogP contribution in [-0.2, 0) is 0 Å². The van der Waals surface area contributed by atoms with E-state index in [4.69, 9.17) is 0 Å². The second kappa shape index (κ2) is 6.77. The molecule has 3 heterocycles. The van der Waals surface area contributed by atoms with Crippen molar-refractivity contribution in [2.45, 2.75) is 61.6 Å². The normalized spacial score (nSPS) is 17.3. The van der Waals surface area contributed by atoms with E-state index in [1.54, 1.807) is 10.4 Å². The molecule has 0 saturated carbocycles. The SMILES string of the molecule is CC=Cc1sc(C2=C(C)C(C)=C(c3scc(C)c3C)[Si]2(C)C)c(C)c1C. The number of hydrogen-bond donors (Lipinski definition) is 0. The van der Waals surface area contributed by atoms with Gasteiger partial charge in [-0.1, -0.05) is 19.2 Å². The van der Waals surface area contributed by atoms with E-state index >= 15 is 0 Å². The van der Waals surface area contributed by atoms with Crippen LogP contribution >= 0.6 is 22.7 Å². The maximum absolute atomic E-state index is 2.55. The largest absolute Gasteiger partial charge is 0.144 e. The van der Waals surface area contributed by atoms with Gasteiger partial charge >= 0.3 is 0 Å². The topological polar surface area (TPSA) is 0 Å². The number of hydrogen-bond acceptors (Lipinski definition) is 2. The second-order valence-corrected chi connectivity index (χ2v) is 14.2. The highest BCUT2D eigenvalue weighted by Gasteiger charge is 2.42. The third kappa shape index (κ3) is 2.76. The molecule has 0 saturated heterocycles. The van der Waals surface area contributed by atoms with Crippen molar-refractivity contribution in [2.24, 2.45) is 0 Å². The molecule has 0 nitrogen and oxygen atoms in total. The smallest absolute Gasteiger partial charge is 0.116 e. The van der Waals surface area contributed by atoms with Crippen LogP contribution in [-0.4, -0.2) is 8.07 Å². The quantitative estimate of drug-likeness (QED) is 0.458. The monoisotopic (exact) mass is 398 g/mol. The Balaban J connectivity index is 2.21. The highest BCUT2D eigenvalue weighted by Crippen LogP contribution is 2.52. The van der Waals surface area contributed by atoms with Gasteiger partial charge in [-0.2, -0.15) is 0 Å². The standard InChI is InChI=1S/C23H30S2Si/c1-10-11-19-15(4)16(5)21(25-19)23-18(7)17(6)22(26(23,8)9)20-14(3)13(2)12-24-20/h10-12H,1-9H3. The minimum absolute atomic E-state index is 1.42. The Morgan fingerprint density at radius 1 is 0.808 bits per heavy atom. The van der Waals surface area contributed by atoms with Crippen molar-refractivity contribution < 1.29 is 0 Å². The molecular formula is C23H30S2Si. The van der Waals surface area contributed by atoms with E-state index in [2.05, 4.69) is 79.1 Å². The van der Waals surface area contributed by atoms with E-state index < -0.39 is 8.07 Å². The molecule has 0 N–H and O–H groups in total. The first-order valence-corrected chi connectivity index (χ1v) is 14.0. The van der Waals surface area contributed by atoms with Crippen molar-refractivity contribution in [1.29, 1.82) is 0 Å². The predicted molar refractivity (Wildman–Crippen MR) is 125 cm³/mol. The Kier molecular flexibility index (Phi) is 5.11. The third-order valence-electron chi connectivity index (χ3n) is 6.11. The molecule has 0 spiro atoms. The van der Waals surface area contributed by atoms with E-state index in [9.17, 15) is 0 Å². The van der Waals surface area contributed by atoms with Gasteiger partial charge in [-0.15, -0.1) is 22.7 Å². The Labute approximate surface area is 168 Å². The van der Waals surface area contributed by atoms with Crippen LogP contribution in [0.3, 0.4) is 0 Å². The van der Waals surface area contributed by atoms with Crippen LogP contribution in [0.15, 0.2) is 22.6 Å².